The second-order valence-electron chi connectivity index (χ2n) is 3.72. The average Bonchev–Trinajstić information content (AvgIpc) is 2.23. The van der Waals surface area contributed by atoms with Gasteiger partial charge in [-0.25, -0.2) is 0 Å². The van der Waals surface area contributed by atoms with E-state index in [9.17, 15) is 0 Å². The summed E-state index contributed by atoms with van der Waals surface area (Å²) in [5.74, 6) is 0. The molecule has 0 aromatic rings. The fraction of sp³-hybridized carbons (Fsp3) is 1.00. The molecule has 0 bridgehead atoms. The summed E-state index contributed by atoms with van der Waals surface area (Å²) in [5, 5.41) is 3.34. The quantitative estimate of drug-likeness (QED) is 0.591. The average molecular weight is 220 g/mol. The fourth-order valence-corrected chi connectivity index (χ4v) is 2.73. The zero-order chi connectivity index (χ0) is 11.0. The fourth-order valence-electron chi connectivity index (χ4n) is 1.20. The second kappa shape index (κ2) is 7.36. The maximum Gasteiger partial charge on any atom is 0.334 e. The van der Waals surface area contributed by atoms with E-state index in [1.54, 1.807) is 14.2 Å². The molecular formula is C9H24N2O2Si. The van der Waals surface area contributed by atoms with Crippen molar-refractivity contribution >= 4 is 8.56 Å². The molecule has 14 heavy (non-hydrogen) atoms. The third kappa shape index (κ3) is 5.72. The minimum Gasteiger partial charge on any atom is -0.398 e. The number of hydrogen-bond donors (Lipinski definition) is 2. The summed E-state index contributed by atoms with van der Waals surface area (Å²) in [6.07, 6.45) is 1.07. The molecule has 0 spiro atoms. The third-order valence-corrected chi connectivity index (χ3v) is 5.46. The molecule has 0 aliphatic carbocycles. The van der Waals surface area contributed by atoms with E-state index < -0.39 is 8.56 Å². The van der Waals surface area contributed by atoms with E-state index in [0.717, 1.165) is 19.0 Å². The Morgan fingerprint density at radius 3 is 2.36 bits per heavy atom. The SMILES string of the molecule is CO[Si](C)(CCC(C)NCCN)OC. The molecule has 0 fully saturated rings. The second-order valence-corrected chi connectivity index (χ2v) is 7.31. The first-order valence-corrected chi connectivity index (χ1v) is 7.64. The van der Waals surface area contributed by atoms with Gasteiger partial charge in [-0.3, -0.25) is 0 Å². The van der Waals surface area contributed by atoms with Gasteiger partial charge in [0.2, 0.25) is 0 Å². The van der Waals surface area contributed by atoms with Crippen LogP contribution in [0.15, 0.2) is 0 Å². The number of nitrogens with two attached hydrogens (primary N) is 1. The van der Waals surface area contributed by atoms with E-state index in [4.69, 9.17) is 14.6 Å². The number of hydrogen-bond acceptors (Lipinski definition) is 4. The van der Waals surface area contributed by atoms with Gasteiger partial charge in [0.15, 0.2) is 0 Å². The maximum absolute atomic E-state index is 5.41. The monoisotopic (exact) mass is 220 g/mol. The summed E-state index contributed by atoms with van der Waals surface area (Å²) in [6.45, 7) is 5.81. The maximum atomic E-state index is 5.41. The van der Waals surface area contributed by atoms with Gasteiger partial charge in [-0.15, -0.1) is 0 Å². The highest BCUT2D eigenvalue weighted by atomic mass is 28.4. The van der Waals surface area contributed by atoms with Crippen molar-refractivity contribution in [2.75, 3.05) is 27.3 Å². The smallest absolute Gasteiger partial charge is 0.334 e. The van der Waals surface area contributed by atoms with Gasteiger partial charge in [0.05, 0.1) is 0 Å². The molecule has 86 valence electrons. The molecule has 0 radical (unpaired) electrons. The van der Waals surface area contributed by atoms with E-state index in [0.29, 0.717) is 12.6 Å². The van der Waals surface area contributed by atoms with Crippen LogP contribution in [0.4, 0.5) is 0 Å². The van der Waals surface area contributed by atoms with E-state index in [-0.39, 0.29) is 0 Å². The molecular weight excluding hydrogens is 196 g/mol. The van der Waals surface area contributed by atoms with E-state index in [2.05, 4.69) is 18.8 Å². The predicted octanol–water partition coefficient (Wildman–Crippen LogP) is 0.678. The molecule has 0 saturated carbocycles. The van der Waals surface area contributed by atoms with Crippen molar-refractivity contribution in [3.05, 3.63) is 0 Å². The topological polar surface area (TPSA) is 56.5 Å². The summed E-state index contributed by atoms with van der Waals surface area (Å²) in [5.41, 5.74) is 5.41. The summed E-state index contributed by atoms with van der Waals surface area (Å²) < 4.78 is 10.8. The zero-order valence-corrected chi connectivity index (χ0v) is 10.8. The molecule has 1 unspecified atom stereocenters. The van der Waals surface area contributed by atoms with Gasteiger partial charge in [0.25, 0.3) is 0 Å². The van der Waals surface area contributed by atoms with Gasteiger partial charge in [0, 0.05) is 33.4 Å². The standard InChI is InChI=1S/C9H24N2O2Si/c1-9(11-7-6-10)5-8-14(4,12-2)13-3/h9,11H,5-8,10H2,1-4H3. The molecule has 0 rings (SSSR count). The van der Waals surface area contributed by atoms with E-state index in [1.165, 1.54) is 0 Å². The largest absolute Gasteiger partial charge is 0.398 e. The molecule has 0 aliphatic heterocycles. The Hall–Kier alpha value is 0.0569. The van der Waals surface area contributed by atoms with Gasteiger partial charge in [-0.1, -0.05) is 0 Å². The molecule has 1 atom stereocenters. The lowest BCUT2D eigenvalue weighted by atomic mass is 10.2. The van der Waals surface area contributed by atoms with Crippen molar-refractivity contribution < 1.29 is 8.85 Å². The molecule has 0 heterocycles. The molecule has 5 heteroatoms. The Morgan fingerprint density at radius 2 is 1.93 bits per heavy atom. The molecule has 0 aromatic carbocycles. The van der Waals surface area contributed by atoms with Gasteiger partial charge >= 0.3 is 8.56 Å². The van der Waals surface area contributed by atoms with Crippen LogP contribution in [-0.4, -0.2) is 41.9 Å². The lowest BCUT2D eigenvalue weighted by Crippen LogP contribution is -2.39. The van der Waals surface area contributed by atoms with Crippen molar-refractivity contribution in [3.8, 4) is 0 Å². The first-order valence-electron chi connectivity index (χ1n) is 5.11. The molecule has 0 saturated heterocycles. The van der Waals surface area contributed by atoms with Crippen LogP contribution in [0.2, 0.25) is 12.6 Å². The number of nitrogens with one attached hydrogen (secondary N) is 1. The van der Waals surface area contributed by atoms with Crippen molar-refractivity contribution in [3.63, 3.8) is 0 Å². The molecule has 4 nitrogen and oxygen atoms in total. The van der Waals surface area contributed by atoms with Crippen molar-refractivity contribution in [1.29, 1.82) is 0 Å². The summed E-state index contributed by atoms with van der Waals surface area (Å²) in [6, 6.07) is 1.49. The Bertz CT molecular complexity index is 143. The molecule has 0 aromatic heterocycles. The van der Waals surface area contributed by atoms with Crippen LogP contribution >= 0.6 is 0 Å². The van der Waals surface area contributed by atoms with Crippen LogP contribution in [-0.2, 0) is 8.85 Å². The van der Waals surface area contributed by atoms with Crippen LogP contribution < -0.4 is 11.1 Å². The lowest BCUT2D eigenvalue weighted by molar-refractivity contribution is 0.247. The van der Waals surface area contributed by atoms with Crippen molar-refractivity contribution in [1.82, 2.24) is 5.32 Å². The first-order chi connectivity index (χ1) is 6.58. The molecule has 0 aliphatic rings. The lowest BCUT2D eigenvalue weighted by Gasteiger charge is -2.24. The Kier molecular flexibility index (Phi) is 7.39. The van der Waals surface area contributed by atoms with Gasteiger partial charge in [0.1, 0.15) is 0 Å². The Balaban J connectivity index is 3.68. The van der Waals surface area contributed by atoms with Crippen LogP contribution in [0, 0.1) is 0 Å². The van der Waals surface area contributed by atoms with Gasteiger partial charge < -0.3 is 19.9 Å². The molecule has 0 amide bonds. The highest BCUT2D eigenvalue weighted by Crippen LogP contribution is 2.14. The van der Waals surface area contributed by atoms with E-state index in [1.807, 2.05) is 0 Å². The predicted molar refractivity (Wildman–Crippen MR) is 61.6 cm³/mol. The van der Waals surface area contributed by atoms with Gasteiger partial charge in [-0.05, 0) is 25.9 Å². The number of rotatable bonds is 8. The van der Waals surface area contributed by atoms with E-state index >= 15 is 0 Å². The zero-order valence-electron chi connectivity index (χ0n) is 9.80. The normalized spacial score (nSPS) is 14.4. The van der Waals surface area contributed by atoms with Crippen molar-refractivity contribution in [2.45, 2.75) is 32.0 Å². The Morgan fingerprint density at radius 1 is 1.36 bits per heavy atom. The van der Waals surface area contributed by atoms with Gasteiger partial charge in [-0.2, -0.15) is 0 Å². The van der Waals surface area contributed by atoms with Crippen molar-refractivity contribution in [2.24, 2.45) is 5.73 Å². The molecule has 3 N–H and O–H groups in total. The van der Waals surface area contributed by atoms with Crippen LogP contribution in [0.3, 0.4) is 0 Å². The summed E-state index contributed by atoms with van der Waals surface area (Å²) in [4.78, 5) is 0. The van der Waals surface area contributed by atoms with Crippen LogP contribution in [0.25, 0.3) is 0 Å². The van der Waals surface area contributed by atoms with Crippen LogP contribution in [0.5, 0.6) is 0 Å². The minimum absolute atomic E-state index is 0.482. The highest BCUT2D eigenvalue weighted by molar-refractivity contribution is 6.65. The third-order valence-electron chi connectivity index (χ3n) is 2.53. The minimum atomic E-state index is -1.87. The summed E-state index contributed by atoms with van der Waals surface area (Å²) in [7, 11) is 1.59. The highest BCUT2D eigenvalue weighted by Gasteiger charge is 2.28. The summed E-state index contributed by atoms with van der Waals surface area (Å²) >= 11 is 0. The Labute approximate surface area is 88.4 Å². The first kappa shape index (κ1) is 14.1. The van der Waals surface area contributed by atoms with Crippen LogP contribution in [0.1, 0.15) is 13.3 Å².